The molecule has 0 spiro atoms. The van der Waals surface area contributed by atoms with Crippen LogP contribution in [0.3, 0.4) is 0 Å². The largest absolute Gasteiger partial charge is 0.496 e. The number of methoxy groups -OCH3 is 1. The number of nitrogens with zero attached hydrogens (tertiary/aromatic N) is 1. The van der Waals surface area contributed by atoms with Crippen LogP contribution in [0.4, 0.5) is 0 Å². The molecule has 2 aromatic rings. The summed E-state index contributed by atoms with van der Waals surface area (Å²) in [5.74, 6) is 0.226. The minimum Gasteiger partial charge on any atom is -0.496 e. The number of benzene rings is 2. The number of thioether (sulfide) groups is 1. The predicted octanol–water partition coefficient (Wildman–Crippen LogP) is 2.92. The Bertz CT molecular complexity index is 971. The molecule has 0 bridgehead atoms. The molecule has 1 heterocycles. The lowest BCUT2D eigenvalue weighted by Crippen LogP contribution is -2.37. The number of rotatable bonds is 7. The number of aryl methyl sites for hydroxylation is 1. The molecule has 0 radical (unpaired) electrons. The molecule has 0 aliphatic carbocycles. The van der Waals surface area contributed by atoms with Crippen LogP contribution in [0.25, 0.3) is 0 Å². The van der Waals surface area contributed by atoms with E-state index in [4.69, 9.17) is 4.74 Å². The average Bonchev–Trinajstić information content (AvgIpc) is 3.06. The first-order chi connectivity index (χ1) is 14.0. The lowest BCUT2D eigenvalue weighted by Gasteiger charge is -2.17. The van der Waals surface area contributed by atoms with Gasteiger partial charge in [0, 0.05) is 23.7 Å². The van der Waals surface area contributed by atoms with Crippen molar-refractivity contribution >= 4 is 29.4 Å². The summed E-state index contributed by atoms with van der Waals surface area (Å²) < 4.78 is 5.27. The fourth-order valence-electron chi connectivity index (χ4n) is 2.98. The zero-order chi connectivity index (χ0) is 20.8. The zero-order valence-electron chi connectivity index (χ0n) is 16.3. The molecule has 1 aliphatic heterocycles. The molecular weight excluding hydrogens is 388 g/mol. The Balaban J connectivity index is 1.66. The molecule has 0 unspecified atom stereocenters. The van der Waals surface area contributed by atoms with Crippen molar-refractivity contribution in [3.05, 3.63) is 76.3 Å². The minimum atomic E-state index is -0.305. The van der Waals surface area contributed by atoms with Gasteiger partial charge < -0.3 is 10.1 Å². The third-order valence-electron chi connectivity index (χ3n) is 4.55. The van der Waals surface area contributed by atoms with Gasteiger partial charge in [0.15, 0.2) is 5.78 Å². The van der Waals surface area contributed by atoms with Crippen LogP contribution in [0.15, 0.2) is 59.6 Å². The maximum atomic E-state index is 12.6. The number of ketones is 1. The van der Waals surface area contributed by atoms with Crippen LogP contribution in [0.1, 0.15) is 21.5 Å². The molecule has 0 atom stereocenters. The minimum absolute atomic E-state index is 0.131. The number of carbonyl (C=O) groups is 3. The lowest BCUT2D eigenvalue weighted by molar-refractivity contribution is -0.131. The van der Waals surface area contributed by atoms with Gasteiger partial charge in [0.2, 0.25) is 11.8 Å². The number of ether oxygens (including phenoxy) is 1. The smallest absolute Gasteiger partial charge is 0.240 e. The van der Waals surface area contributed by atoms with Crippen molar-refractivity contribution < 1.29 is 19.1 Å². The maximum Gasteiger partial charge on any atom is 0.240 e. The Hall–Kier alpha value is -3.06. The van der Waals surface area contributed by atoms with Gasteiger partial charge in [0.05, 0.1) is 17.9 Å². The zero-order valence-corrected chi connectivity index (χ0v) is 17.1. The van der Waals surface area contributed by atoms with Crippen molar-refractivity contribution in [1.29, 1.82) is 0 Å². The highest BCUT2D eigenvalue weighted by molar-refractivity contribution is 8.04. The third kappa shape index (κ3) is 5.06. The fraction of sp³-hybridized carbons (Fsp3) is 0.227. The SMILES string of the molecule is COc1ccccc1CNC(=O)CN1C(=O)CS/C1=C\C(=O)c1ccccc1C. The summed E-state index contributed by atoms with van der Waals surface area (Å²) in [6, 6.07) is 14.7. The van der Waals surface area contributed by atoms with Crippen LogP contribution in [0, 0.1) is 6.92 Å². The second kappa shape index (κ2) is 9.43. The van der Waals surface area contributed by atoms with Crippen molar-refractivity contribution in [2.24, 2.45) is 0 Å². The van der Waals surface area contributed by atoms with E-state index < -0.39 is 0 Å². The summed E-state index contributed by atoms with van der Waals surface area (Å²) in [6.45, 7) is 2.02. The number of hydrogen-bond donors (Lipinski definition) is 1. The molecule has 2 amide bonds. The Kier molecular flexibility index (Phi) is 6.72. The summed E-state index contributed by atoms with van der Waals surface area (Å²) in [5.41, 5.74) is 2.29. The molecule has 3 rings (SSSR count). The van der Waals surface area contributed by atoms with E-state index in [2.05, 4.69) is 5.32 Å². The summed E-state index contributed by atoms with van der Waals surface area (Å²) in [7, 11) is 1.57. The topological polar surface area (TPSA) is 75.7 Å². The summed E-state index contributed by atoms with van der Waals surface area (Å²) in [4.78, 5) is 38.6. The highest BCUT2D eigenvalue weighted by Crippen LogP contribution is 2.29. The van der Waals surface area contributed by atoms with Crippen molar-refractivity contribution in [2.45, 2.75) is 13.5 Å². The average molecular weight is 410 g/mol. The quantitative estimate of drug-likeness (QED) is 0.561. The van der Waals surface area contributed by atoms with Crippen molar-refractivity contribution in [2.75, 3.05) is 19.4 Å². The molecule has 2 aromatic carbocycles. The van der Waals surface area contributed by atoms with Crippen LogP contribution in [-0.2, 0) is 16.1 Å². The first kappa shape index (κ1) is 20.7. The molecule has 0 aromatic heterocycles. The van der Waals surface area contributed by atoms with E-state index >= 15 is 0 Å². The van der Waals surface area contributed by atoms with E-state index in [1.54, 1.807) is 19.2 Å². The van der Waals surface area contributed by atoms with Crippen LogP contribution in [0.2, 0.25) is 0 Å². The van der Waals surface area contributed by atoms with E-state index in [0.717, 1.165) is 11.1 Å². The molecule has 1 N–H and O–H groups in total. The second-order valence-corrected chi connectivity index (χ2v) is 7.51. The predicted molar refractivity (Wildman–Crippen MR) is 113 cm³/mol. The number of allylic oxidation sites excluding steroid dienone is 1. The van der Waals surface area contributed by atoms with E-state index in [-0.39, 0.29) is 29.9 Å². The van der Waals surface area contributed by atoms with E-state index in [0.29, 0.717) is 22.9 Å². The highest BCUT2D eigenvalue weighted by atomic mass is 32.2. The summed E-state index contributed by atoms with van der Waals surface area (Å²) in [5, 5.41) is 3.30. The van der Waals surface area contributed by atoms with E-state index in [1.807, 2.05) is 43.3 Å². The third-order valence-corrected chi connectivity index (χ3v) is 5.57. The Morgan fingerprint density at radius 1 is 1.17 bits per heavy atom. The van der Waals surface area contributed by atoms with Gasteiger partial charge in [0.25, 0.3) is 0 Å². The van der Waals surface area contributed by atoms with Gasteiger partial charge in [0.1, 0.15) is 12.3 Å². The van der Waals surface area contributed by atoms with Gasteiger partial charge in [-0.15, -0.1) is 0 Å². The molecule has 1 aliphatic rings. The standard InChI is InChI=1S/C22H22N2O4S/c1-15-7-3-5-9-17(15)18(25)11-22-24(21(27)14-29-22)13-20(26)23-12-16-8-4-6-10-19(16)28-2/h3-11H,12-14H2,1-2H3,(H,23,26)/b22-11-. The number of para-hydroxylation sites is 1. The molecule has 0 saturated carbocycles. The van der Waals surface area contributed by atoms with Crippen LogP contribution in [0.5, 0.6) is 5.75 Å². The van der Waals surface area contributed by atoms with E-state index in [9.17, 15) is 14.4 Å². The van der Waals surface area contributed by atoms with Gasteiger partial charge in [-0.2, -0.15) is 0 Å². The Morgan fingerprint density at radius 3 is 2.66 bits per heavy atom. The molecule has 7 heteroatoms. The summed E-state index contributed by atoms with van der Waals surface area (Å²) in [6.07, 6.45) is 1.44. The number of nitrogens with one attached hydrogen (secondary N) is 1. The first-order valence-electron chi connectivity index (χ1n) is 9.13. The number of amides is 2. The van der Waals surface area contributed by atoms with Gasteiger partial charge >= 0.3 is 0 Å². The highest BCUT2D eigenvalue weighted by Gasteiger charge is 2.29. The second-order valence-electron chi connectivity index (χ2n) is 6.52. The van der Waals surface area contributed by atoms with Gasteiger partial charge in [-0.25, -0.2) is 0 Å². The van der Waals surface area contributed by atoms with E-state index in [1.165, 1.54) is 22.7 Å². The molecule has 6 nitrogen and oxygen atoms in total. The lowest BCUT2D eigenvalue weighted by atomic mass is 10.1. The van der Waals surface area contributed by atoms with Gasteiger partial charge in [-0.05, 0) is 18.6 Å². The Labute approximate surface area is 173 Å². The molecule has 29 heavy (non-hydrogen) atoms. The van der Waals surface area contributed by atoms with Gasteiger partial charge in [-0.1, -0.05) is 54.2 Å². The fourth-order valence-corrected chi connectivity index (χ4v) is 3.92. The molecule has 1 fully saturated rings. The van der Waals surface area contributed by atoms with Crippen LogP contribution >= 0.6 is 11.8 Å². The Morgan fingerprint density at radius 2 is 1.90 bits per heavy atom. The van der Waals surface area contributed by atoms with Crippen LogP contribution in [-0.4, -0.2) is 41.9 Å². The maximum absolute atomic E-state index is 12.6. The van der Waals surface area contributed by atoms with Crippen LogP contribution < -0.4 is 10.1 Å². The van der Waals surface area contributed by atoms with Crippen molar-refractivity contribution in [3.8, 4) is 5.75 Å². The molecular formula is C22H22N2O4S. The normalized spacial score (nSPS) is 14.9. The number of carbonyl (C=O) groups excluding carboxylic acids is 3. The van der Waals surface area contributed by atoms with Gasteiger partial charge in [-0.3, -0.25) is 19.3 Å². The molecule has 1 saturated heterocycles. The van der Waals surface area contributed by atoms with Crippen molar-refractivity contribution in [1.82, 2.24) is 10.2 Å². The summed E-state index contributed by atoms with van der Waals surface area (Å²) >= 11 is 1.27. The molecule has 150 valence electrons. The van der Waals surface area contributed by atoms with Crippen molar-refractivity contribution in [3.63, 3.8) is 0 Å². The first-order valence-corrected chi connectivity index (χ1v) is 10.1. The monoisotopic (exact) mass is 410 g/mol. The number of hydrogen-bond acceptors (Lipinski definition) is 5.